The van der Waals surface area contributed by atoms with Gasteiger partial charge in [-0.2, -0.15) is 0 Å². The van der Waals surface area contributed by atoms with Crippen LogP contribution in [0.4, 0.5) is 5.69 Å². The third-order valence-electron chi connectivity index (χ3n) is 3.46. The van der Waals surface area contributed by atoms with Gasteiger partial charge < -0.3 is 14.9 Å². The van der Waals surface area contributed by atoms with Crippen LogP contribution in [-0.4, -0.2) is 49.9 Å². The number of aromatic hydroxyl groups is 1. The van der Waals surface area contributed by atoms with Crippen molar-refractivity contribution in [3.05, 3.63) is 32.7 Å². The largest absolute Gasteiger partial charge is 0.507 e. The highest BCUT2D eigenvalue weighted by Gasteiger charge is 2.32. The monoisotopic (exact) mass is 398 g/mol. The second-order valence-electron chi connectivity index (χ2n) is 5.17. The minimum atomic E-state index is -0.971. The summed E-state index contributed by atoms with van der Waals surface area (Å²) < 4.78 is 5.12. The number of carbonyl (C=O) groups excluding carboxylic acids is 1. The molecule has 1 aliphatic heterocycles. The Morgan fingerprint density at radius 1 is 1.50 bits per heavy atom. The van der Waals surface area contributed by atoms with Crippen molar-refractivity contribution in [3.63, 3.8) is 0 Å². The van der Waals surface area contributed by atoms with Gasteiger partial charge in [0.25, 0.3) is 5.91 Å². The van der Waals surface area contributed by atoms with Gasteiger partial charge in [-0.3, -0.25) is 24.6 Å². The van der Waals surface area contributed by atoms with Gasteiger partial charge in [-0.05, 0) is 12.5 Å². The van der Waals surface area contributed by atoms with Crippen LogP contribution in [0.25, 0.3) is 6.08 Å². The first-order valence-electron chi connectivity index (χ1n) is 7.27. The number of phenolic OH excluding ortho intramolecular Hbond substituents is 1. The highest BCUT2D eigenvalue weighted by Crippen LogP contribution is 2.38. The van der Waals surface area contributed by atoms with Crippen molar-refractivity contribution in [1.82, 2.24) is 4.90 Å². The second-order valence-corrected chi connectivity index (χ2v) is 6.85. The minimum absolute atomic E-state index is 0.0727. The first kappa shape index (κ1) is 19.7. The fourth-order valence-corrected chi connectivity index (χ4v) is 3.52. The van der Waals surface area contributed by atoms with Gasteiger partial charge >= 0.3 is 11.7 Å². The number of thiocarbonyl (C=S) groups is 1. The number of carbonyl (C=O) groups is 2. The van der Waals surface area contributed by atoms with Crippen LogP contribution in [0.1, 0.15) is 18.4 Å². The number of phenols is 1. The Labute approximate surface area is 157 Å². The summed E-state index contributed by atoms with van der Waals surface area (Å²) in [4.78, 5) is 34.9. The maximum absolute atomic E-state index is 12.4. The molecule has 0 saturated carbocycles. The molecule has 1 aromatic carbocycles. The zero-order valence-electron chi connectivity index (χ0n) is 13.5. The molecule has 0 atom stereocenters. The second kappa shape index (κ2) is 8.15. The van der Waals surface area contributed by atoms with Crippen LogP contribution in [0.2, 0.25) is 0 Å². The molecule has 1 aliphatic rings. The van der Waals surface area contributed by atoms with Gasteiger partial charge in [-0.1, -0.05) is 24.0 Å². The number of amides is 1. The van der Waals surface area contributed by atoms with Crippen molar-refractivity contribution in [2.75, 3.05) is 13.7 Å². The lowest BCUT2D eigenvalue weighted by Gasteiger charge is -2.13. The van der Waals surface area contributed by atoms with E-state index in [1.165, 1.54) is 18.1 Å². The van der Waals surface area contributed by atoms with E-state index >= 15 is 0 Å². The van der Waals surface area contributed by atoms with E-state index in [4.69, 9.17) is 22.1 Å². The molecule has 1 aromatic rings. The standard InChI is InChI=1S/C15H14N2O7S2/c1-24-11-7-10(18)8(5-9(11)17(22)23)6-12-14(21)16(15(25)26-12)4-2-3-13(19)20/h5-7,18H,2-4H2,1H3,(H,19,20)/b12-6-. The topological polar surface area (TPSA) is 130 Å². The Hall–Kier alpha value is -2.66. The molecule has 0 spiro atoms. The first-order valence-corrected chi connectivity index (χ1v) is 8.49. The molecule has 2 N–H and O–H groups in total. The van der Waals surface area contributed by atoms with Gasteiger partial charge in [0, 0.05) is 30.7 Å². The number of benzene rings is 1. The molecular weight excluding hydrogens is 384 g/mol. The predicted octanol–water partition coefficient (Wildman–Crippen LogP) is 2.38. The first-order chi connectivity index (χ1) is 12.2. The number of carboxylic acids is 1. The SMILES string of the molecule is COc1cc(O)c(/C=C2\SC(=S)N(CCCC(=O)O)C2=O)cc1[N+](=O)[O-]. The molecule has 1 amide bonds. The van der Waals surface area contributed by atoms with Crippen molar-refractivity contribution in [3.8, 4) is 11.5 Å². The van der Waals surface area contributed by atoms with E-state index in [0.717, 1.165) is 23.9 Å². The van der Waals surface area contributed by atoms with Crippen LogP contribution in [0.5, 0.6) is 11.5 Å². The maximum Gasteiger partial charge on any atom is 0.311 e. The Balaban J connectivity index is 2.28. The van der Waals surface area contributed by atoms with Gasteiger partial charge in [0.1, 0.15) is 10.1 Å². The zero-order valence-corrected chi connectivity index (χ0v) is 15.1. The van der Waals surface area contributed by atoms with Crippen LogP contribution in [0, 0.1) is 10.1 Å². The average molecular weight is 398 g/mol. The summed E-state index contributed by atoms with van der Waals surface area (Å²) in [6.07, 6.45) is 1.45. The average Bonchev–Trinajstić information content (AvgIpc) is 2.83. The maximum atomic E-state index is 12.4. The van der Waals surface area contributed by atoms with Crippen LogP contribution in [0.3, 0.4) is 0 Å². The number of thioether (sulfide) groups is 1. The molecule has 2 rings (SSSR count). The lowest BCUT2D eigenvalue weighted by molar-refractivity contribution is -0.385. The number of nitro groups is 1. The zero-order chi connectivity index (χ0) is 19.4. The van der Waals surface area contributed by atoms with Crippen LogP contribution in [0.15, 0.2) is 17.0 Å². The van der Waals surface area contributed by atoms with Crippen LogP contribution >= 0.6 is 24.0 Å². The molecule has 0 aliphatic carbocycles. The lowest BCUT2D eigenvalue weighted by Crippen LogP contribution is -2.29. The Kier molecular flexibility index (Phi) is 6.16. The van der Waals surface area contributed by atoms with E-state index in [1.54, 1.807) is 0 Å². The lowest BCUT2D eigenvalue weighted by atomic mass is 10.1. The minimum Gasteiger partial charge on any atom is -0.507 e. The van der Waals surface area contributed by atoms with Crippen molar-refractivity contribution in [1.29, 1.82) is 0 Å². The summed E-state index contributed by atoms with van der Waals surface area (Å²) >= 11 is 6.10. The summed E-state index contributed by atoms with van der Waals surface area (Å²) in [5.41, 5.74) is -0.281. The molecule has 1 fully saturated rings. The summed E-state index contributed by atoms with van der Waals surface area (Å²) in [6, 6.07) is 2.20. The number of ether oxygens (including phenoxy) is 1. The molecule has 9 nitrogen and oxygen atoms in total. The number of nitro benzene ring substituents is 1. The number of nitrogens with zero attached hydrogens (tertiary/aromatic N) is 2. The third-order valence-corrected chi connectivity index (χ3v) is 4.84. The van der Waals surface area contributed by atoms with Crippen molar-refractivity contribution in [2.45, 2.75) is 12.8 Å². The fraction of sp³-hybridized carbons (Fsp3) is 0.267. The van der Waals surface area contributed by atoms with Gasteiger partial charge in [-0.25, -0.2) is 0 Å². The van der Waals surface area contributed by atoms with E-state index in [1.807, 2.05) is 0 Å². The molecular formula is C15H14N2O7S2. The van der Waals surface area contributed by atoms with Crippen molar-refractivity contribution >= 4 is 51.9 Å². The molecule has 11 heteroatoms. The Bertz CT molecular complexity index is 822. The summed E-state index contributed by atoms with van der Waals surface area (Å²) in [5, 5.41) is 29.8. The number of hydrogen-bond donors (Lipinski definition) is 2. The summed E-state index contributed by atoms with van der Waals surface area (Å²) in [5.74, 6) is -1.81. The molecule has 0 radical (unpaired) electrons. The highest BCUT2D eigenvalue weighted by molar-refractivity contribution is 8.26. The normalized spacial score (nSPS) is 15.6. The van der Waals surface area contributed by atoms with E-state index in [-0.39, 0.29) is 51.4 Å². The fourth-order valence-electron chi connectivity index (χ4n) is 2.22. The molecule has 0 bridgehead atoms. The number of carboxylic acid groups (broad SMARTS) is 1. The number of hydrogen-bond acceptors (Lipinski definition) is 8. The molecule has 138 valence electrons. The number of aliphatic carboxylic acids is 1. The van der Waals surface area contributed by atoms with Gasteiger partial charge in [0.05, 0.1) is 16.9 Å². The van der Waals surface area contributed by atoms with Crippen molar-refractivity contribution in [2.24, 2.45) is 0 Å². The number of methoxy groups -OCH3 is 1. The van der Waals surface area contributed by atoms with Crippen LogP contribution < -0.4 is 4.74 Å². The van der Waals surface area contributed by atoms with Crippen molar-refractivity contribution < 1.29 is 29.5 Å². The van der Waals surface area contributed by atoms with E-state index in [2.05, 4.69) is 0 Å². The number of rotatable bonds is 7. The highest BCUT2D eigenvalue weighted by atomic mass is 32.2. The summed E-state index contributed by atoms with van der Waals surface area (Å²) in [6.45, 7) is 0.156. The molecule has 1 saturated heterocycles. The van der Waals surface area contributed by atoms with Gasteiger partial charge in [-0.15, -0.1) is 0 Å². The Morgan fingerprint density at radius 2 is 2.19 bits per heavy atom. The van der Waals surface area contributed by atoms with E-state index in [9.17, 15) is 24.8 Å². The Morgan fingerprint density at radius 3 is 2.77 bits per heavy atom. The molecule has 0 aromatic heterocycles. The smallest absolute Gasteiger partial charge is 0.311 e. The van der Waals surface area contributed by atoms with E-state index < -0.39 is 16.8 Å². The van der Waals surface area contributed by atoms with Gasteiger partial charge in [0.15, 0.2) is 0 Å². The molecule has 0 unspecified atom stereocenters. The molecule has 26 heavy (non-hydrogen) atoms. The quantitative estimate of drug-likeness (QED) is 0.307. The third kappa shape index (κ3) is 4.29. The van der Waals surface area contributed by atoms with E-state index in [0.29, 0.717) is 0 Å². The van der Waals surface area contributed by atoms with Crippen LogP contribution in [-0.2, 0) is 9.59 Å². The summed E-state index contributed by atoms with van der Waals surface area (Å²) in [7, 11) is 1.24. The van der Waals surface area contributed by atoms with Gasteiger partial charge in [0.2, 0.25) is 5.75 Å². The predicted molar refractivity (Wildman–Crippen MR) is 98.1 cm³/mol. The molecule has 1 heterocycles.